The SMILES string of the molecule is CC(=O)CC(C)(C)c1cccc2c1OCCC2. The zero-order chi connectivity index (χ0) is 12.5. The topological polar surface area (TPSA) is 26.3 Å². The minimum atomic E-state index is -0.144. The van der Waals surface area contributed by atoms with Gasteiger partial charge in [-0.25, -0.2) is 0 Å². The van der Waals surface area contributed by atoms with Gasteiger partial charge in [0, 0.05) is 17.4 Å². The Bertz CT molecular complexity index is 433. The molecule has 2 rings (SSSR count). The summed E-state index contributed by atoms with van der Waals surface area (Å²) in [6.07, 6.45) is 2.73. The molecular weight excluding hydrogens is 212 g/mol. The van der Waals surface area contributed by atoms with Gasteiger partial charge in [0.15, 0.2) is 0 Å². The van der Waals surface area contributed by atoms with E-state index in [4.69, 9.17) is 4.74 Å². The average Bonchev–Trinajstić information content (AvgIpc) is 2.26. The van der Waals surface area contributed by atoms with Crippen molar-refractivity contribution >= 4 is 5.78 Å². The highest BCUT2D eigenvalue weighted by Crippen LogP contribution is 2.38. The van der Waals surface area contributed by atoms with Crippen molar-refractivity contribution in [3.8, 4) is 5.75 Å². The fourth-order valence-electron chi connectivity index (χ4n) is 2.64. The van der Waals surface area contributed by atoms with Gasteiger partial charge in [-0.3, -0.25) is 4.79 Å². The highest BCUT2D eigenvalue weighted by Gasteiger charge is 2.28. The summed E-state index contributed by atoms with van der Waals surface area (Å²) in [4.78, 5) is 11.4. The number of rotatable bonds is 3. The summed E-state index contributed by atoms with van der Waals surface area (Å²) < 4.78 is 5.81. The van der Waals surface area contributed by atoms with Crippen molar-refractivity contribution in [3.05, 3.63) is 29.3 Å². The summed E-state index contributed by atoms with van der Waals surface area (Å²) in [5, 5.41) is 0. The monoisotopic (exact) mass is 232 g/mol. The molecule has 0 radical (unpaired) electrons. The second kappa shape index (κ2) is 4.52. The Labute approximate surface area is 103 Å². The minimum Gasteiger partial charge on any atom is -0.493 e. The van der Waals surface area contributed by atoms with E-state index < -0.39 is 0 Å². The molecule has 1 aromatic rings. The lowest BCUT2D eigenvalue weighted by molar-refractivity contribution is -0.118. The summed E-state index contributed by atoms with van der Waals surface area (Å²) >= 11 is 0. The molecule has 0 unspecified atom stereocenters. The van der Waals surface area contributed by atoms with E-state index in [1.54, 1.807) is 6.92 Å². The second-order valence-corrected chi connectivity index (χ2v) is 5.51. The van der Waals surface area contributed by atoms with Crippen LogP contribution >= 0.6 is 0 Å². The third-order valence-corrected chi connectivity index (χ3v) is 3.35. The van der Waals surface area contributed by atoms with Gasteiger partial charge in [-0.15, -0.1) is 0 Å². The molecule has 0 saturated carbocycles. The Balaban J connectivity index is 2.41. The predicted molar refractivity (Wildman–Crippen MR) is 68.6 cm³/mol. The van der Waals surface area contributed by atoms with Crippen LogP contribution in [0.25, 0.3) is 0 Å². The summed E-state index contributed by atoms with van der Waals surface area (Å²) in [6, 6.07) is 6.29. The van der Waals surface area contributed by atoms with Crippen LogP contribution in [-0.4, -0.2) is 12.4 Å². The van der Waals surface area contributed by atoms with Gasteiger partial charge in [-0.2, -0.15) is 0 Å². The van der Waals surface area contributed by atoms with E-state index in [0.29, 0.717) is 6.42 Å². The predicted octanol–water partition coefficient (Wildman–Crippen LogP) is 3.27. The summed E-state index contributed by atoms with van der Waals surface area (Å²) in [5.41, 5.74) is 2.31. The number of ether oxygens (including phenoxy) is 1. The Morgan fingerprint density at radius 2 is 2.18 bits per heavy atom. The van der Waals surface area contributed by atoms with Crippen molar-refractivity contribution in [2.24, 2.45) is 0 Å². The van der Waals surface area contributed by atoms with Gasteiger partial charge < -0.3 is 4.74 Å². The van der Waals surface area contributed by atoms with Crippen LogP contribution in [0.1, 0.15) is 44.7 Å². The zero-order valence-corrected chi connectivity index (χ0v) is 10.9. The maximum absolute atomic E-state index is 11.4. The molecule has 0 fully saturated rings. The fraction of sp³-hybridized carbons (Fsp3) is 0.533. The first-order valence-corrected chi connectivity index (χ1v) is 6.25. The number of fused-ring (bicyclic) bond motifs is 1. The fourth-order valence-corrected chi connectivity index (χ4v) is 2.64. The minimum absolute atomic E-state index is 0.144. The van der Waals surface area contributed by atoms with Crippen molar-refractivity contribution in [2.75, 3.05) is 6.61 Å². The van der Waals surface area contributed by atoms with Crippen molar-refractivity contribution < 1.29 is 9.53 Å². The number of benzene rings is 1. The molecule has 17 heavy (non-hydrogen) atoms. The highest BCUT2D eigenvalue weighted by atomic mass is 16.5. The lowest BCUT2D eigenvalue weighted by Crippen LogP contribution is -2.23. The molecule has 0 N–H and O–H groups in total. The third-order valence-electron chi connectivity index (χ3n) is 3.35. The maximum atomic E-state index is 11.4. The van der Waals surface area contributed by atoms with Crippen LogP contribution < -0.4 is 4.74 Å². The molecule has 0 spiro atoms. The van der Waals surface area contributed by atoms with Crippen LogP contribution in [0.15, 0.2) is 18.2 Å². The van der Waals surface area contributed by atoms with Crippen LogP contribution in [0, 0.1) is 0 Å². The van der Waals surface area contributed by atoms with Crippen LogP contribution in [-0.2, 0) is 16.6 Å². The number of hydrogen-bond acceptors (Lipinski definition) is 2. The molecule has 0 bridgehead atoms. The number of Topliss-reactive ketones (excluding diaryl/α,β-unsaturated/α-hetero) is 1. The van der Waals surface area contributed by atoms with Gasteiger partial charge in [0.25, 0.3) is 0 Å². The smallest absolute Gasteiger partial charge is 0.130 e. The van der Waals surface area contributed by atoms with E-state index in [0.717, 1.165) is 25.2 Å². The van der Waals surface area contributed by atoms with Crippen molar-refractivity contribution in [1.82, 2.24) is 0 Å². The Morgan fingerprint density at radius 3 is 2.88 bits per heavy atom. The first-order valence-electron chi connectivity index (χ1n) is 6.25. The molecule has 0 amide bonds. The average molecular weight is 232 g/mol. The summed E-state index contributed by atoms with van der Waals surface area (Å²) in [7, 11) is 0. The van der Waals surface area contributed by atoms with E-state index in [1.807, 2.05) is 0 Å². The molecule has 0 aliphatic carbocycles. The summed E-state index contributed by atoms with van der Waals surface area (Å²) in [5.74, 6) is 1.24. The van der Waals surface area contributed by atoms with Crippen LogP contribution in [0.5, 0.6) is 5.75 Å². The molecule has 0 atom stereocenters. The van der Waals surface area contributed by atoms with Gasteiger partial charge in [0.1, 0.15) is 11.5 Å². The molecule has 92 valence electrons. The van der Waals surface area contributed by atoms with Crippen molar-refractivity contribution in [3.63, 3.8) is 0 Å². The Hall–Kier alpha value is -1.31. The van der Waals surface area contributed by atoms with Gasteiger partial charge in [0.2, 0.25) is 0 Å². The maximum Gasteiger partial charge on any atom is 0.130 e. The molecule has 1 heterocycles. The number of carbonyl (C=O) groups is 1. The molecule has 2 heteroatoms. The van der Waals surface area contributed by atoms with Crippen LogP contribution in [0.3, 0.4) is 0 Å². The first-order chi connectivity index (χ1) is 8.00. The van der Waals surface area contributed by atoms with Crippen molar-refractivity contribution in [2.45, 2.75) is 45.4 Å². The van der Waals surface area contributed by atoms with Crippen LogP contribution in [0.4, 0.5) is 0 Å². The lowest BCUT2D eigenvalue weighted by atomic mass is 9.78. The van der Waals surface area contributed by atoms with E-state index in [1.165, 1.54) is 11.1 Å². The number of hydrogen-bond donors (Lipinski definition) is 0. The van der Waals surface area contributed by atoms with Gasteiger partial charge in [0.05, 0.1) is 6.61 Å². The molecule has 1 aliphatic heterocycles. The Kier molecular flexibility index (Phi) is 3.23. The quantitative estimate of drug-likeness (QED) is 0.799. The van der Waals surface area contributed by atoms with Gasteiger partial charge in [-0.1, -0.05) is 32.0 Å². The van der Waals surface area contributed by atoms with Crippen molar-refractivity contribution in [1.29, 1.82) is 0 Å². The molecular formula is C15H20O2. The zero-order valence-electron chi connectivity index (χ0n) is 10.9. The summed E-state index contributed by atoms with van der Waals surface area (Å²) in [6.45, 7) is 6.67. The normalized spacial score (nSPS) is 15.0. The van der Waals surface area contributed by atoms with Gasteiger partial charge >= 0.3 is 0 Å². The van der Waals surface area contributed by atoms with E-state index in [9.17, 15) is 4.79 Å². The number of aryl methyl sites for hydroxylation is 1. The van der Waals surface area contributed by atoms with E-state index in [-0.39, 0.29) is 11.2 Å². The van der Waals surface area contributed by atoms with Crippen LogP contribution in [0.2, 0.25) is 0 Å². The number of ketones is 1. The molecule has 2 nitrogen and oxygen atoms in total. The Morgan fingerprint density at radius 1 is 1.41 bits per heavy atom. The third kappa shape index (κ3) is 2.51. The molecule has 1 aromatic carbocycles. The first kappa shape index (κ1) is 12.2. The second-order valence-electron chi connectivity index (χ2n) is 5.51. The molecule has 0 saturated heterocycles. The molecule has 0 aromatic heterocycles. The van der Waals surface area contributed by atoms with Gasteiger partial charge in [-0.05, 0) is 25.3 Å². The lowest BCUT2D eigenvalue weighted by Gasteiger charge is -2.29. The number of carbonyl (C=O) groups excluding carboxylic acids is 1. The number of para-hydroxylation sites is 1. The largest absolute Gasteiger partial charge is 0.493 e. The van der Waals surface area contributed by atoms with E-state index >= 15 is 0 Å². The highest BCUT2D eigenvalue weighted by molar-refractivity contribution is 5.77. The standard InChI is InChI=1S/C15H20O2/c1-11(16)10-15(2,3)13-8-4-6-12-7-5-9-17-14(12)13/h4,6,8H,5,7,9-10H2,1-3H3. The molecule has 1 aliphatic rings. The van der Waals surface area contributed by atoms with E-state index in [2.05, 4.69) is 32.0 Å².